The minimum absolute atomic E-state index is 0.529. The van der Waals surface area contributed by atoms with Crippen LogP contribution in [0.1, 0.15) is 64.7 Å². The summed E-state index contributed by atoms with van der Waals surface area (Å²) in [4.78, 5) is 11.5. The molecule has 0 saturated heterocycles. The topological polar surface area (TPSA) is 17.1 Å². The van der Waals surface area contributed by atoms with Gasteiger partial charge in [0, 0.05) is 12.8 Å². The van der Waals surface area contributed by atoms with Gasteiger partial charge in [-0.25, -0.2) is 0 Å². The number of hydrogen-bond donors (Lipinski definition) is 0. The van der Waals surface area contributed by atoms with Crippen molar-refractivity contribution >= 4 is 5.78 Å². The SMILES string of the molecule is CCCC1CC(=O)CCC12CCCC2. The molecule has 80 valence electrons. The molecule has 0 amide bonds. The molecule has 0 aliphatic heterocycles. The fourth-order valence-electron chi connectivity index (χ4n) is 3.68. The van der Waals surface area contributed by atoms with Crippen molar-refractivity contribution in [1.29, 1.82) is 0 Å². The van der Waals surface area contributed by atoms with Gasteiger partial charge < -0.3 is 0 Å². The standard InChI is InChI=1S/C13H22O/c1-2-5-11-10-12(14)6-9-13(11)7-3-4-8-13/h11H,2-10H2,1H3. The van der Waals surface area contributed by atoms with Gasteiger partial charge in [0.2, 0.25) is 0 Å². The second-order valence-electron chi connectivity index (χ2n) is 5.30. The van der Waals surface area contributed by atoms with Crippen LogP contribution in [0.4, 0.5) is 0 Å². The predicted molar refractivity (Wildman–Crippen MR) is 58.2 cm³/mol. The second kappa shape index (κ2) is 4.04. The van der Waals surface area contributed by atoms with Gasteiger partial charge in [0.15, 0.2) is 0 Å². The van der Waals surface area contributed by atoms with E-state index in [9.17, 15) is 4.79 Å². The van der Waals surface area contributed by atoms with E-state index in [0.29, 0.717) is 11.2 Å². The van der Waals surface area contributed by atoms with Gasteiger partial charge >= 0.3 is 0 Å². The first-order valence-corrected chi connectivity index (χ1v) is 6.28. The van der Waals surface area contributed by atoms with E-state index in [4.69, 9.17) is 0 Å². The lowest BCUT2D eigenvalue weighted by Gasteiger charge is -2.41. The lowest BCUT2D eigenvalue weighted by molar-refractivity contribution is -0.125. The van der Waals surface area contributed by atoms with Crippen LogP contribution < -0.4 is 0 Å². The van der Waals surface area contributed by atoms with Gasteiger partial charge in [-0.1, -0.05) is 26.2 Å². The van der Waals surface area contributed by atoms with E-state index < -0.39 is 0 Å². The molecule has 1 unspecified atom stereocenters. The van der Waals surface area contributed by atoms with Crippen molar-refractivity contribution in [2.45, 2.75) is 64.7 Å². The molecule has 0 radical (unpaired) electrons. The Hall–Kier alpha value is -0.330. The molecule has 2 aliphatic carbocycles. The Morgan fingerprint density at radius 1 is 1.29 bits per heavy atom. The van der Waals surface area contributed by atoms with Crippen molar-refractivity contribution in [3.05, 3.63) is 0 Å². The average Bonchev–Trinajstić information content (AvgIpc) is 2.62. The van der Waals surface area contributed by atoms with Gasteiger partial charge in [-0.3, -0.25) is 4.79 Å². The molecule has 1 spiro atoms. The molecular formula is C13H22O. The van der Waals surface area contributed by atoms with E-state index >= 15 is 0 Å². The molecule has 2 aliphatic rings. The molecule has 0 heterocycles. The highest BCUT2D eigenvalue weighted by atomic mass is 16.1. The molecule has 1 heteroatoms. The average molecular weight is 194 g/mol. The van der Waals surface area contributed by atoms with Crippen molar-refractivity contribution in [3.63, 3.8) is 0 Å². The first-order chi connectivity index (χ1) is 6.77. The fourth-order valence-corrected chi connectivity index (χ4v) is 3.68. The van der Waals surface area contributed by atoms with Gasteiger partial charge in [0.25, 0.3) is 0 Å². The van der Waals surface area contributed by atoms with Gasteiger partial charge in [0.1, 0.15) is 5.78 Å². The van der Waals surface area contributed by atoms with Crippen LogP contribution in [0.15, 0.2) is 0 Å². The predicted octanol–water partition coefficient (Wildman–Crippen LogP) is 3.72. The molecule has 2 saturated carbocycles. The zero-order valence-electron chi connectivity index (χ0n) is 9.35. The van der Waals surface area contributed by atoms with E-state index in [2.05, 4.69) is 6.92 Å². The highest BCUT2D eigenvalue weighted by Gasteiger charge is 2.43. The van der Waals surface area contributed by atoms with Crippen molar-refractivity contribution in [3.8, 4) is 0 Å². The number of rotatable bonds is 2. The fraction of sp³-hybridized carbons (Fsp3) is 0.923. The van der Waals surface area contributed by atoms with Gasteiger partial charge in [-0.2, -0.15) is 0 Å². The van der Waals surface area contributed by atoms with Crippen molar-refractivity contribution in [2.75, 3.05) is 0 Å². The zero-order valence-corrected chi connectivity index (χ0v) is 9.35. The first-order valence-electron chi connectivity index (χ1n) is 6.28. The Morgan fingerprint density at radius 2 is 2.00 bits per heavy atom. The summed E-state index contributed by atoms with van der Waals surface area (Å²) in [6.45, 7) is 2.25. The highest BCUT2D eigenvalue weighted by Crippen LogP contribution is 2.53. The van der Waals surface area contributed by atoms with Crippen LogP contribution in [0.3, 0.4) is 0 Å². The lowest BCUT2D eigenvalue weighted by atomic mass is 9.63. The van der Waals surface area contributed by atoms with Crippen LogP contribution in [-0.4, -0.2) is 5.78 Å². The van der Waals surface area contributed by atoms with Crippen LogP contribution in [0.25, 0.3) is 0 Å². The summed E-state index contributed by atoms with van der Waals surface area (Å²) in [6, 6.07) is 0. The van der Waals surface area contributed by atoms with E-state index in [0.717, 1.165) is 18.8 Å². The first kappa shape index (κ1) is 10.2. The molecule has 0 aromatic heterocycles. The largest absolute Gasteiger partial charge is 0.300 e. The highest BCUT2D eigenvalue weighted by molar-refractivity contribution is 5.79. The molecule has 2 rings (SSSR count). The number of hydrogen-bond acceptors (Lipinski definition) is 1. The molecule has 2 fully saturated rings. The van der Waals surface area contributed by atoms with Crippen LogP contribution in [0.2, 0.25) is 0 Å². The molecular weight excluding hydrogens is 172 g/mol. The smallest absolute Gasteiger partial charge is 0.133 e. The Kier molecular flexibility index (Phi) is 2.94. The summed E-state index contributed by atoms with van der Waals surface area (Å²) >= 11 is 0. The summed E-state index contributed by atoms with van der Waals surface area (Å²) < 4.78 is 0. The number of ketones is 1. The maximum atomic E-state index is 11.5. The van der Waals surface area contributed by atoms with E-state index in [1.54, 1.807) is 0 Å². The Labute approximate surface area is 87.3 Å². The summed E-state index contributed by atoms with van der Waals surface area (Å²) in [7, 11) is 0. The van der Waals surface area contributed by atoms with Gasteiger partial charge in [-0.15, -0.1) is 0 Å². The molecule has 0 bridgehead atoms. The van der Waals surface area contributed by atoms with Gasteiger partial charge in [-0.05, 0) is 37.0 Å². The Morgan fingerprint density at radius 3 is 2.64 bits per heavy atom. The summed E-state index contributed by atoms with van der Waals surface area (Å²) in [5, 5.41) is 0. The lowest BCUT2D eigenvalue weighted by Crippen LogP contribution is -2.34. The number of carbonyl (C=O) groups is 1. The molecule has 0 aromatic carbocycles. The maximum absolute atomic E-state index is 11.5. The quantitative estimate of drug-likeness (QED) is 0.655. The third kappa shape index (κ3) is 1.74. The zero-order chi connectivity index (χ0) is 10.0. The minimum Gasteiger partial charge on any atom is -0.300 e. The van der Waals surface area contributed by atoms with Crippen molar-refractivity contribution in [2.24, 2.45) is 11.3 Å². The summed E-state index contributed by atoms with van der Waals surface area (Å²) in [6.07, 6.45) is 11.1. The van der Waals surface area contributed by atoms with Crippen LogP contribution in [-0.2, 0) is 4.79 Å². The van der Waals surface area contributed by atoms with Crippen LogP contribution in [0.5, 0.6) is 0 Å². The van der Waals surface area contributed by atoms with E-state index in [-0.39, 0.29) is 0 Å². The molecule has 0 N–H and O–H groups in total. The molecule has 1 nitrogen and oxygen atoms in total. The third-order valence-electron chi connectivity index (χ3n) is 4.48. The maximum Gasteiger partial charge on any atom is 0.133 e. The van der Waals surface area contributed by atoms with Crippen molar-refractivity contribution in [1.82, 2.24) is 0 Å². The minimum atomic E-state index is 0.529. The monoisotopic (exact) mass is 194 g/mol. The Balaban J connectivity index is 2.08. The van der Waals surface area contributed by atoms with E-state index in [1.807, 2.05) is 0 Å². The summed E-state index contributed by atoms with van der Waals surface area (Å²) in [5.41, 5.74) is 0.601. The third-order valence-corrected chi connectivity index (χ3v) is 4.48. The Bertz CT molecular complexity index is 213. The molecule has 14 heavy (non-hydrogen) atoms. The van der Waals surface area contributed by atoms with E-state index in [1.165, 1.54) is 44.9 Å². The van der Waals surface area contributed by atoms with Gasteiger partial charge in [0.05, 0.1) is 0 Å². The number of carbonyl (C=O) groups excluding carboxylic acids is 1. The molecule has 0 aromatic rings. The summed E-state index contributed by atoms with van der Waals surface area (Å²) in [5.74, 6) is 1.26. The van der Waals surface area contributed by atoms with Crippen LogP contribution in [0, 0.1) is 11.3 Å². The second-order valence-corrected chi connectivity index (χ2v) is 5.30. The van der Waals surface area contributed by atoms with Crippen LogP contribution >= 0.6 is 0 Å². The normalized spacial score (nSPS) is 31.2. The number of Topliss-reactive ketones (excluding diaryl/α,β-unsaturated/α-hetero) is 1. The molecule has 1 atom stereocenters. The van der Waals surface area contributed by atoms with Crippen molar-refractivity contribution < 1.29 is 4.79 Å².